The van der Waals surface area contributed by atoms with Gasteiger partial charge in [-0.3, -0.25) is 24.4 Å². The molecule has 2 aromatic heterocycles. The van der Waals surface area contributed by atoms with Gasteiger partial charge in [0.15, 0.2) is 0 Å². The lowest BCUT2D eigenvalue weighted by molar-refractivity contribution is -0.121. The van der Waals surface area contributed by atoms with Crippen LogP contribution in [0.2, 0.25) is 0 Å². The van der Waals surface area contributed by atoms with E-state index in [0.717, 1.165) is 16.6 Å². The van der Waals surface area contributed by atoms with Gasteiger partial charge in [0.1, 0.15) is 0 Å². The molecule has 1 aliphatic rings. The normalized spacial score (nSPS) is 16.7. The summed E-state index contributed by atoms with van der Waals surface area (Å²) in [7, 11) is 0. The monoisotopic (exact) mass is 401 g/mol. The number of hydrogen-bond acceptors (Lipinski definition) is 4. The number of amides is 2. The van der Waals surface area contributed by atoms with Gasteiger partial charge in [0, 0.05) is 12.1 Å². The van der Waals surface area contributed by atoms with Crippen LogP contribution in [-0.2, 0) is 9.59 Å². The molecule has 30 heavy (non-hydrogen) atoms. The van der Waals surface area contributed by atoms with Crippen LogP contribution in [0.25, 0.3) is 17.0 Å². The fraction of sp³-hybridized carbons (Fsp3) is 0.182. The first-order valence-corrected chi connectivity index (χ1v) is 9.64. The lowest BCUT2D eigenvalue weighted by Gasteiger charge is -2.15. The number of rotatable bonds is 3. The highest BCUT2D eigenvalue weighted by molar-refractivity contribution is 6.22. The largest absolute Gasteiger partial charge is 0.322 e. The zero-order valence-corrected chi connectivity index (χ0v) is 16.5. The maximum atomic E-state index is 13.2. The van der Waals surface area contributed by atoms with Gasteiger partial charge in [-0.15, -0.1) is 0 Å². The smallest absolute Gasteiger partial charge is 0.278 e. The first-order chi connectivity index (χ1) is 14.4. The zero-order valence-electron chi connectivity index (χ0n) is 16.5. The number of anilines is 1. The molecular formula is C22H19N5O3. The molecule has 0 saturated carbocycles. The van der Waals surface area contributed by atoms with Crippen molar-refractivity contribution in [1.82, 2.24) is 19.7 Å². The first-order valence-electron chi connectivity index (χ1n) is 9.64. The molecule has 1 atom stereocenters. The highest BCUT2D eigenvalue weighted by Gasteiger charge is 2.43. The van der Waals surface area contributed by atoms with E-state index in [1.165, 1.54) is 9.58 Å². The van der Waals surface area contributed by atoms with Crippen LogP contribution < -0.4 is 10.5 Å². The molecule has 3 heterocycles. The molecule has 8 heteroatoms. The molecule has 0 unspecified atom stereocenters. The van der Waals surface area contributed by atoms with E-state index < -0.39 is 5.92 Å². The molecule has 2 N–H and O–H groups in total. The van der Waals surface area contributed by atoms with Gasteiger partial charge >= 0.3 is 0 Å². The minimum absolute atomic E-state index is 0.0409. The van der Waals surface area contributed by atoms with Crippen molar-refractivity contribution in [2.24, 2.45) is 0 Å². The number of aromatic nitrogens is 4. The van der Waals surface area contributed by atoms with E-state index in [1.54, 1.807) is 19.1 Å². The topological polar surface area (TPSA) is 104 Å². The number of imidazole rings is 1. The lowest BCUT2D eigenvalue weighted by atomic mass is 9.98. The highest BCUT2D eigenvalue weighted by atomic mass is 16.2. The predicted molar refractivity (Wildman–Crippen MR) is 112 cm³/mol. The van der Waals surface area contributed by atoms with Crippen LogP contribution in [0.3, 0.4) is 0 Å². The number of nitrogens with zero attached hydrogens (tertiary/aromatic N) is 3. The van der Waals surface area contributed by atoms with Crippen LogP contribution in [-0.4, -0.2) is 31.6 Å². The van der Waals surface area contributed by atoms with E-state index >= 15 is 0 Å². The summed E-state index contributed by atoms with van der Waals surface area (Å²) < 4.78 is 1.29. The molecule has 1 saturated heterocycles. The summed E-state index contributed by atoms with van der Waals surface area (Å²) in [6.07, 6.45) is -0.0409. The Labute approximate surface area is 171 Å². The summed E-state index contributed by atoms with van der Waals surface area (Å²) in [4.78, 5) is 47.6. The molecule has 5 rings (SSSR count). The first kappa shape index (κ1) is 18.1. The number of imide groups is 1. The Kier molecular flexibility index (Phi) is 3.95. The SMILES string of the molecule is Cc1ccc(N2C(=O)C[C@@H](c3c(C)[nH]n(-c4nc5ccccc5[nH]4)c3=O)C2=O)cc1. The summed E-state index contributed by atoms with van der Waals surface area (Å²) in [5.74, 6) is -1.19. The van der Waals surface area contributed by atoms with E-state index in [9.17, 15) is 14.4 Å². The van der Waals surface area contributed by atoms with Gasteiger partial charge in [0.2, 0.25) is 17.8 Å². The van der Waals surface area contributed by atoms with Gasteiger partial charge in [0.05, 0.1) is 28.2 Å². The Morgan fingerprint density at radius 2 is 1.73 bits per heavy atom. The predicted octanol–water partition coefficient (Wildman–Crippen LogP) is 2.71. The summed E-state index contributed by atoms with van der Waals surface area (Å²) in [5, 5.41) is 2.99. The molecule has 4 aromatic rings. The number of aromatic amines is 2. The Morgan fingerprint density at radius 3 is 2.47 bits per heavy atom. The minimum atomic E-state index is -0.826. The van der Waals surface area contributed by atoms with E-state index in [-0.39, 0.29) is 23.8 Å². The van der Waals surface area contributed by atoms with Crippen LogP contribution in [0.15, 0.2) is 53.3 Å². The second kappa shape index (κ2) is 6.55. The van der Waals surface area contributed by atoms with Gasteiger partial charge in [-0.25, -0.2) is 4.98 Å². The Balaban J connectivity index is 1.55. The molecular weight excluding hydrogens is 382 g/mol. The Hall–Kier alpha value is -3.94. The number of hydrogen-bond donors (Lipinski definition) is 2. The summed E-state index contributed by atoms with van der Waals surface area (Å²) in [6.45, 7) is 3.66. The van der Waals surface area contributed by atoms with Gasteiger partial charge in [-0.2, -0.15) is 4.68 Å². The highest BCUT2D eigenvalue weighted by Crippen LogP contribution is 2.33. The molecule has 0 bridgehead atoms. The van der Waals surface area contributed by atoms with E-state index in [0.29, 0.717) is 22.9 Å². The number of carbonyl (C=O) groups excluding carboxylic acids is 2. The Morgan fingerprint density at radius 1 is 1.00 bits per heavy atom. The van der Waals surface area contributed by atoms with Crippen molar-refractivity contribution in [2.45, 2.75) is 26.2 Å². The number of benzene rings is 2. The van der Waals surface area contributed by atoms with Crippen molar-refractivity contribution in [2.75, 3.05) is 4.90 Å². The molecule has 0 aliphatic carbocycles. The number of fused-ring (bicyclic) bond motifs is 1. The molecule has 2 aromatic carbocycles. The van der Waals surface area contributed by atoms with Gasteiger partial charge in [-0.1, -0.05) is 29.8 Å². The van der Waals surface area contributed by atoms with Crippen molar-refractivity contribution in [3.05, 3.63) is 75.7 Å². The van der Waals surface area contributed by atoms with Crippen molar-refractivity contribution in [3.8, 4) is 5.95 Å². The van der Waals surface area contributed by atoms with Gasteiger partial charge in [0.25, 0.3) is 5.56 Å². The van der Waals surface area contributed by atoms with Gasteiger partial charge in [-0.05, 0) is 38.1 Å². The van der Waals surface area contributed by atoms with Crippen molar-refractivity contribution < 1.29 is 9.59 Å². The van der Waals surface area contributed by atoms with Crippen LogP contribution in [0.5, 0.6) is 0 Å². The summed E-state index contributed by atoms with van der Waals surface area (Å²) >= 11 is 0. The fourth-order valence-electron chi connectivity index (χ4n) is 3.99. The van der Waals surface area contributed by atoms with Crippen LogP contribution in [0, 0.1) is 13.8 Å². The van der Waals surface area contributed by atoms with E-state index in [2.05, 4.69) is 15.1 Å². The third-order valence-corrected chi connectivity index (χ3v) is 5.49. The number of para-hydroxylation sites is 2. The number of carbonyl (C=O) groups is 2. The second-order valence-electron chi connectivity index (χ2n) is 7.53. The van der Waals surface area contributed by atoms with Crippen LogP contribution >= 0.6 is 0 Å². The number of aryl methyl sites for hydroxylation is 2. The molecule has 0 spiro atoms. The van der Waals surface area contributed by atoms with Crippen LogP contribution in [0.4, 0.5) is 5.69 Å². The summed E-state index contributed by atoms with van der Waals surface area (Å²) in [5.41, 5.74) is 3.52. The lowest BCUT2D eigenvalue weighted by Crippen LogP contribution is -2.31. The average Bonchev–Trinajstić information content (AvgIpc) is 3.36. The van der Waals surface area contributed by atoms with Crippen molar-refractivity contribution >= 4 is 28.5 Å². The average molecular weight is 401 g/mol. The summed E-state index contributed by atoms with van der Waals surface area (Å²) in [6, 6.07) is 14.6. The fourth-order valence-corrected chi connectivity index (χ4v) is 3.99. The zero-order chi connectivity index (χ0) is 21.0. The number of H-pyrrole nitrogens is 2. The molecule has 8 nitrogen and oxygen atoms in total. The van der Waals surface area contributed by atoms with Gasteiger partial charge < -0.3 is 4.98 Å². The van der Waals surface area contributed by atoms with E-state index in [4.69, 9.17) is 0 Å². The third-order valence-electron chi connectivity index (χ3n) is 5.49. The van der Waals surface area contributed by atoms with Crippen LogP contribution in [0.1, 0.15) is 29.2 Å². The molecule has 1 fully saturated rings. The van der Waals surface area contributed by atoms with Crippen molar-refractivity contribution in [1.29, 1.82) is 0 Å². The second-order valence-corrected chi connectivity index (χ2v) is 7.53. The minimum Gasteiger partial charge on any atom is -0.322 e. The van der Waals surface area contributed by atoms with E-state index in [1.807, 2.05) is 43.3 Å². The molecule has 1 aliphatic heterocycles. The maximum absolute atomic E-state index is 13.2. The molecule has 0 radical (unpaired) electrons. The number of nitrogens with one attached hydrogen (secondary N) is 2. The maximum Gasteiger partial charge on any atom is 0.278 e. The quantitative estimate of drug-likeness (QED) is 0.515. The Bertz CT molecular complexity index is 1330. The molecule has 2 amide bonds. The van der Waals surface area contributed by atoms with Crippen molar-refractivity contribution in [3.63, 3.8) is 0 Å². The third kappa shape index (κ3) is 2.68. The molecule has 150 valence electrons. The standard InChI is InChI=1S/C22H19N5O3/c1-12-7-9-14(10-8-12)26-18(28)11-15(20(26)29)19-13(2)25-27(21(19)30)22-23-16-5-3-4-6-17(16)24-22/h3-10,15,25H,11H2,1-2H3,(H,23,24)/t15-/m0/s1.